The molecule has 0 aliphatic heterocycles. The van der Waals surface area contributed by atoms with Gasteiger partial charge in [-0.3, -0.25) is 0 Å². The van der Waals surface area contributed by atoms with Gasteiger partial charge in [0.25, 0.3) is 0 Å². The molecule has 11 heavy (non-hydrogen) atoms. The van der Waals surface area contributed by atoms with Crippen LogP contribution in [0, 0.1) is 0 Å². The quantitative estimate of drug-likeness (QED) is 0.666. The number of para-hydroxylation sites is 1. The van der Waals surface area contributed by atoms with Crippen LogP contribution in [0.15, 0.2) is 30.3 Å². The number of nitrogens with two attached hydrogens (primary N) is 1. The second-order valence-corrected chi connectivity index (χ2v) is 1.93. The molecular weight excluding hydrogens is 138 g/mol. The maximum atomic E-state index is 4.91. The largest absolute Gasteiger partial charge is 0.497 e. The molecule has 0 saturated heterocycles. The lowest BCUT2D eigenvalue weighted by Gasteiger charge is -1.93. The van der Waals surface area contributed by atoms with Crippen molar-refractivity contribution in [2.24, 2.45) is 5.73 Å². The Kier molecular flexibility index (Phi) is 6.43. The van der Waals surface area contributed by atoms with E-state index in [2.05, 4.69) is 0 Å². The van der Waals surface area contributed by atoms with Gasteiger partial charge in [0, 0.05) is 0 Å². The number of ether oxygens (including phenoxy) is 1. The molecule has 1 rings (SSSR count). The summed E-state index contributed by atoms with van der Waals surface area (Å²) in [5.74, 6) is 0.910. The molecular formula is C9H15NO. The van der Waals surface area contributed by atoms with Gasteiger partial charge in [-0.1, -0.05) is 25.1 Å². The van der Waals surface area contributed by atoms with Gasteiger partial charge in [0.15, 0.2) is 0 Å². The van der Waals surface area contributed by atoms with Crippen LogP contribution in [0.4, 0.5) is 0 Å². The van der Waals surface area contributed by atoms with Crippen LogP contribution < -0.4 is 10.5 Å². The van der Waals surface area contributed by atoms with E-state index in [-0.39, 0.29) is 0 Å². The fourth-order valence-electron chi connectivity index (χ4n) is 0.557. The van der Waals surface area contributed by atoms with Gasteiger partial charge < -0.3 is 10.5 Å². The molecule has 0 bridgehead atoms. The first-order chi connectivity index (χ1) is 5.35. The smallest absolute Gasteiger partial charge is 0.118 e. The number of rotatable bonds is 1. The van der Waals surface area contributed by atoms with E-state index in [1.165, 1.54) is 0 Å². The summed E-state index contributed by atoms with van der Waals surface area (Å²) >= 11 is 0. The normalized spacial score (nSPS) is 7.91. The highest BCUT2D eigenvalue weighted by Crippen LogP contribution is 2.05. The lowest BCUT2D eigenvalue weighted by molar-refractivity contribution is 0.415. The van der Waals surface area contributed by atoms with Crippen LogP contribution in [-0.4, -0.2) is 13.7 Å². The van der Waals surface area contributed by atoms with Gasteiger partial charge >= 0.3 is 0 Å². The first-order valence-electron chi connectivity index (χ1n) is 3.64. The molecule has 0 aliphatic carbocycles. The third-order valence-corrected chi connectivity index (χ3v) is 0.979. The van der Waals surface area contributed by atoms with E-state index in [4.69, 9.17) is 10.5 Å². The highest BCUT2D eigenvalue weighted by molar-refractivity contribution is 5.20. The van der Waals surface area contributed by atoms with Gasteiger partial charge in [-0.25, -0.2) is 0 Å². The number of methoxy groups -OCH3 is 1. The van der Waals surface area contributed by atoms with E-state index in [0.29, 0.717) is 0 Å². The fraction of sp³-hybridized carbons (Fsp3) is 0.333. The lowest BCUT2D eigenvalue weighted by Crippen LogP contribution is -1.87. The zero-order valence-electron chi connectivity index (χ0n) is 7.08. The monoisotopic (exact) mass is 153 g/mol. The Balaban J connectivity index is 0.000000292. The zero-order valence-corrected chi connectivity index (χ0v) is 7.08. The van der Waals surface area contributed by atoms with Crippen molar-refractivity contribution in [2.45, 2.75) is 6.92 Å². The zero-order chi connectivity index (χ0) is 8.53. The molecule has 0 radical (unpaired) electrons. The SMILES string of the molecule is CCN.COc1ccccc1. The molecule has 2 nitrogen and oxygen atoms in total. The van der Waals surface area contributed by atoms with Gasteiger partial charge in [-0.05, 0) is 18.7 Å². The molecule has 0 atom stereocenters. The highest BCUT2D eigenvalue weighted by Gasteiger charge is 1.80. The second-order valence-electron chi connectivity index (χ2n) is 1.93. The van der Waals surface area contributed by atoms with Crippen molar-refractivity contribution in [1.82, 2.24) is 0 Å². The van der Waals surface area contributed by atoms with Crippen molar-refractivity contribution in [1.29, 1.82) is 0 Å². The molecule has 0 heterocycles. The standard InChI is InChI=1S/C7H8O.C2H7N/c1-8-7-5-3-2-4-6-7;1-2-3/h2-6H,1H3;2-3H2,1H3. The summed E-state index contributed by atoms with van der Waals surface area (Å²) in [4.78, 5) is 0. The molecule has 2 heteroatoms. The number of hydrogen-bond acceptors (Lipinski definition) is 2. The van der Waals surface area contributed by atoms with Crippen LogP contribution in [-0.2, 0) is 0 Å². The molecule has 62 valence electrons. The van der Waals surface area contributed by atoms with Crippen molar-refractivity contribution >= 4 is 0 Å². The summed E-state index contributed by atoms with van der Waals surface area (Å²) in [6, 6.07) is 9.68. The van der Waals surface area contributed by atoms with Gasteiger partial charge in [-0.15, -0.1) is 0 Å². The van der Waals surface area contributed by atoms with Gasteiger partial charge in [0.1, 0.15) is 5.75 Å². The van der Waals surface area contributed by atoms with Gasteiger partial charge in [0.2, 0.25) is 0 Å². The molecule has 0 spiro atoms. The maximum Gasteiger partial charge on any atom is 0.118 e. The van der Waals surface area contributed by atoms with Crippen molar-refractivity contribution in [2.75, 3.05) is 13.7 Å². The van der Waals surface area contributed by atoms with E-state index in [9.17, 15) is 0 Å². The summed E-state index contributed by atoms with van der Waals surface area (Å²) in [7, 11) is 1.66. The number of hydrogen-bond donors (Lipinski definition) is 1. The molecule has 1 aromatic rings. The average Bonchev–Trinajstić information content (AvgIpc) is 2.08. The minimum atomic E-state index is 0.750. The summed E-state index contributed by atoms with van der Waals surface area (Å²) in [5, 5.41) is 0. The highest BCUT2D eigenvalue weighted by atomic mass is 16.5. The summed E-state index contributed by atoms with van der Waals surface area (Å²) in [5.41, 5.74) is 4.85. The Morgan fingerprint density at radius 3 is 2.00 bits per heavy atom. The fourth-order valence-corrected chi connectivity index (χ4v) is 0.557. The third kappa shape index (κ3) is 5.43. The molecule has 0 fully saturated rings. The van der Waals surface area contributed by atoms with Crippen LogP contribution >= 0.6 is 0 Å². The molecule has 0 aliphatic rings. The summed E-state index contributed by atoms with van der Waals surface area (Å²) in [6.07, 6.45) is 0. The molecule has 0 unspecified atom stereocenters. The van der Waals surface area contributed by atoms with Crippen LogP contribution in [0.25, 0.3) is 0 Å². The Morgan fingerprint density at radius 1 is 1.27 bits per heavy atom. The van der Waals surface area contributed by atoms with E-state index in [1.54, 1.807) is 7.11 Å². The Labute approximate surface area is 68.0 Å². The topological polar surface area (TPSA) is 35.2 Å². The Morgan fingerprint density at radius 2 is 1.73 bits per heavy atom. The van der Waals surface area contributed by atoms with E-state index in [0.717, 1.165) is 12.3 Å². The maximum absolute atomic E-state index is 4.91. The van der Waals surface area contributed by atoms with E-state index >= 15 is 0 Å². The van der Waals surface area contributed by atoms with Crippen LogP contribution in [0.2, 0.25) is 0 Å². The first-order valence-corrected chi connectivity index (χ1v) is 3.64. The summed E-state index contributed by atoms with van der Waals surface area (Å²) < 4.78 is 4.91. The van der Waals surface area contributed by atoms with Gasteiger partial charge in [0.05, 0.1) is 7.11 Å². The van der Waals surface area contributed by atoms with Crippen LogP contribution in [0.1, 0.15) is 6.92 Å². The first kappa shape index (κ1) is 9.98. The number of benzene rings is 1. The van der Waals surface area contributed by atoms with Gasteiger partial charge in [-0.2, -0.15) is 0 Å². The molecule has 0 amide bonds. The third-order valence-electron chi connectivity index (χ3n) is 0.979. The average molecular weight is 153 g/mol. The Bertz CT molecular complexity index is 162. The molecule has 0 saturated carbocycles. The predicted octanol–water partition coefficient (Wildman–Crippen LogP) is 1.66. The van der Waals surface area contributed by atoms with Crippen molar-refractivity contribution in [3.05, 3.63) is 30.3 Å². The minimum Gasteiger partial charge on any atom is -0.497 e. The van der Waals surface area contributed by atoms with Crippen LogP contribution in [0.3, 0.4) is 0 Å². The van der Waals surface area contributed by atoms with Crippen molar-refractivity contribution < 1.29 is 4.74 Å². The van der Waals surface area contributed by atoms with Crippen molar-refractivity contribution in [3.63, 3.8) is 0 Å². The second kappa shape index (κ2) is 7.09. The van der Waals surface area contributed by atoms with E-state index in [1.807, 2.05) is 37.3 Å². The molecule has 1 aromatic carbocycles. The Hall–Kier alpha value is -1.02. The summed E-state index contributed by atoms with van der Waals surface area (Å²) in [6.45, 7) is 2.65. The van der Waals surface area contributed by atoms with E-state index < -0.39 is 0 Å². The minimum absolute atomic E-state index is 0.750. The van der Waals surface area contributed by atoms with Crippen LogP contribution in [0.5, 0.6) is 5.75 Å². The lowest BCUT2D eigenvalue weighted by atomic mass is 10.3. The molecule has 2 N–H and O–H groups in total. The predicted molar refractivity (Wildman–Crippen MR) is 47.7 cm³/mol. The molecule has 0 aromatic heterocycles. The van der Waals surface area contributed by atoms with Crippen molar-refractivity contribution in [3.8, 4) is 5.75 Å².